The molecule has 1 N–H and O–H groups in total. The van der Waals surface area contributed by atoms with Crippen LogP contribution in [0.3, 0.4) is 0 Å². The van der Waals surface area contributed by atoms with Crippen molar-refractivity contribution in [3.05, 3.63) is 47.8 Å². The van der Waals surface area contributed by atoms with Gasteiger partial charge >= 0.3 is 10.2 Å². The normalized spacial score (nSPS) is 20.6. The second kappa shape index (κ2) is 10.3. The number of aliphatic hydroxyl groups is 1. The molecule has 202 valence electrons. The molecule has 2 heterocycles. The molecule has 1 aliphatic heterocycles. The summed E-state index contributed by atoms with van der Waals surface area (Å²) in [5, 5.41) is 11.5. The Labute approximate surface area is 216 Å². The van der Waals surface area contributed by atoms with Gasteiger partial charge in [-0.25, -0.2) is 8.96 Å². The largest absolute Gasteiger partial charge is 0.384 e. The monoisotopic (exact) mass is 539 g/mol. The highest BCUT2D eigenvalue weighted by molar-refractivity contribution is 7.87. The van der Waals surface area contributed by atoms with Crippen molar-refractivity contribution in [2.45, 2.75) is 83.5 Å². The first-order chi connectivity index (χ1) is 16.5. The van der Waals surface area contributed by atoms with E-state index in [1.54, 1.807) is 13.8 Å². The Morgan fingerprint density at radius 2 is 1.86 bits per heavy atom. The fraction of sp³-hybridized carbons (Fsp3) is 0.640. The Kier molecular flexibility index (Phi) is 8.27. The highest BCUT2D eigenvalue weighted by Gasteiger charge is 2.47. The van der Waals surface area contributed by atoms with Crippen LogP contribution >= 0.6 is 0 Å². The van der Waals surface area contributed by atoms with Crippen molar-refractivity contribution in [3.63, 3.8) is 0 Å². The molecule has 1 saturated heterocycles. The van der Waals surface area contributed by atoms with Crippen LogP contribution in [0.5, 0.6) is 0 Å². The highest BCUT2D eigenvalue weighted by atomic mass is 32.2. The lowest BCUT2D eigenvalue weighted by Gasteiger charge is -2.37. The van der Waals surface area contributed by atoms with Crippen LogP contribution in [0.15, 0.2) is 36.5 Å². The van der Waals surface area contributed by atoms with Gasteiger partial charge in [-0.1, -0.05) is 64.2 Å². The van der Waals surface area contributed by atoms with Crippen molar-refractivity contribution in [1.29, 1.82) is 0 Å². The van der Waals surface area contributed by atoms with Crippen molar-refractivity contribution in [3.8, 4) is 0 Å². The van der Waals surface area contributed by atoms with E-state index in [2.05, 4.69) is 38.8 Å². The number of benzene rings is 1. The Hall–Kier alpha value is -1.60. The lowest BCUT2D eigenvalue weighted by molar-refractivity contribution is -0.173. The zero-order valence-corrected chi connectivity index (χ0v) is 24.7. The number of nitrogens with zero attached hydrogens (tertiary/aromatic N) is 3. The van der Waals surface area contributed by atoms with Gasteiger partial charge in [-0.05, 0) is 24.4 Å². The molecule has 1 aromatic carbocycles. The molecule has 0 radical (unpaired) electrons. The maximum absolute atomic E-state index is 13.6. The first kappa shape index (κ1) is 29.0. The molecule has 0 amide bonds. The molecule has 3 atom stereocenters. The number of ether oxygens (including phenoxy) is 3. The van der Waals surface area contributed by atoms with Gasteiger partial charge in [-0.15, -0.1) is 0 Å². The van der Waals surface area contributed by atoms with Crippen molar-refractivity contribution >= 4 is 23.7 Å². The molecule has 36 heavy (non-hydrogen) atoms. The molecule has 0 spiro atoms. The Morgan fingerprint density at radius 1 is 1.25 bits per heavy atom. The highest BCUT2D eigenvalue weighted by Crippen LogP contribution is 2.37. The third kappa shape index (κ3) is 5.77. The SMILES string of the molecule is CN(C)S(=O)(=O)n1c([C@@H](O)[C@H](OCc2ccccc2)[C@H]2COC(C)(C)O2)cnc1[Si](C)(C)C(C)(C)C. The summed E-state index contributed by atoms with van der Waals surface area (Å²) >= 11 is 0. The van der Waals surface area contributed by atoms with Crippen molar-refractivity contribution in [2.24, 2.45) is 0 Å². The Balaban J connectivity index is 2.10. The molecule has 9 nitrogen and oxygen atoms in total. The summed E-state index contributed by atoms with van der Waals surface area (Å²) in [7, 11) is -3.48. The summed E-state index contributed by atoms with van der Waals surface area (Å²) in [5.74, 6) is -0.846. The average Bonchev–Trinajstić information content (AvgIpc) is 3.38. The van der Waals surface area contributed by atoms with Gasteiger partial charge in [-0.2, -0.15) is 12.7 Å². The first-order valence-corrected chi connectivity index (χ1v) is 16.6. The van der Waals surface area contributed by atoms with Crippen LogP contribution in [-0.4, -0.2) is 73.6 Å². The second-order valence-corrected chi connectivity index (χ2v) is 18.7. The quantitative estimate of drug-likeness (QED) is 0.489. The maximum atomic E-state index is 13.6. The predicted molar refractivity (Wildman–Crippen MR) is 142 cm³/mol. The Morgan fingerprint density at radius 3 is 2.36 bits per heavy atom. The zero-order valence-electron chi connectivity index (χ0n) is 22.8. The standard InChI is InChI=1S/C25H41N3O6SSi/c1-24(2,3)36(8,9)23-26-15-19(28(23)35(30,31)27(6)7)21(29)22(20-17-33-25(4,5)34-20)32-16-18-13-11-10-12-14-18/h10-15,20-22,29H,16-17H2,1-9H3/t20-,21-,22-/m1/s1. The molecule has 0 aliphatic carbocycles. The molecule has 3 rings (SSSR count). The Bertz CT molecular complexity index is 1140. The molecular weight excluding hydrogens is 498 g/mol. The van der Waals surface area contributed by atoms with E-state index in [1.165, 1.54) is 24.3 Å². The van der Waals surface area contributed by atoms with Crippen molar-refractivity contribution < 1.29 is 27.7 Å². The molecule has 0 unspecified atom stereocenters. The fourth-order valence-electron chi connectivity index (χ4n) is 3.92. The van der Waals surface area contributed by atoms with Crippen LogP contribution in [0.25, 0.3) is 0 Å². The predicted octanol–water partition coefficient (Wildman–Crippen LogP) is 3.02. The summed E-state index contributed by atoms with van der Waals surface area (Å²) in [6.07, 6.45) is -1.38. The smallest absolute Gasteiger partial charge is 0.308 e. The van der Waals surface area contributed by atoms with Crippen LogP contribution < -0.4 is 5.45 Å². The number of rotatable bonds is 9. The lowest BCUT2D eigenvalue weighted by atomic mass is 10.1. The van der Waals surface area contributed by atoms with E-state index in [0.717, 1.165) is 9.87 Å². The van der Waals surface area contributed by atoms with E-state index in [0.29, 0.717) is 5.45 Å². The van der Waals surface area contributed by atoms with Crippen molar-refractivity contribution in [1.82, 2.24) is 13.3 Å². The average molecular weight is 540 g/mol. The zero-order chi connectivity index (χ0) is 27.1. The third-order valence-electron chi connectivity index (χ3n) is 7.17. The van der Waals surface area contributed by atoms with Crippen LogP contribution in [-0.2, 0) is 31.0 Å². The van der Waals surface area contributed by atoms with E-state index in [9.17, 15) is 13.5 Å². The summed E-state index contributed by atoms with van der Waals surface area (Å²) in [5.41, 5.74) is 1.54. The summed E-state index contributed by atoms with van der Waals surface area (Å²) in [6, 6.07) is 9.59. The van der Waals surface area contributed by atoms with Gasteiger partial charge in [0.1, 0.15) is 31.8 Å². The second-order valence-electron chi connectivity index (χ2n) is 11.5. The number of aromatic nitrogens is 2. The van der Waals surface area contributed by atoms with Crippen LogP contribution in [0.4, 0.5) is 0 Å². The first-order valence-electron chi connectivity index (χ1n) is 12.2. The van der Waals surface area contributed by atoms with E-state index in [-0.39, 0.29) is 23.9 Å². The number of hydrogen-bond donors (Lipinski definition) is 1. The van der Waals surface area contributed by atoms with E-state index >= 15 is 0 Å². The number of aliphatic hydroxyl groups excluding tert-OH is 1. The van der Waals surface area contributed by atoms with Gasteiger partial charge in [0.05, 0.1) is 25.1 Å². The molecule has 1 fully saturated rings. The molecule has 2 aromatic rings. The minimum atomic E-state index is -4.00. The van der Waals surface area contributed by atoms with Crippen LogP contribution in [0.1, 0.15) is 52.0 Å². The van der Waals surface area contributed by atoms with E-state index in [1.807, 2.05) is 30.3 Å². The van der Waals surface area contributed by atoms with E-state index in [4.69, 9.17) is 14.2 Å². The molecule has 1 aromatic heterocycles. The number of hydrogen-bond acceptors (Lipinski definition) is 7. The summed E-state index contributed by atoms with van der Waals surface area (Å²) < 4.78 is 47.6. The topological polar surface area (TPSA) is 103 Å². The minimum absolute atomic E-state index is 0.148. The lowest BCUT2D eigenvalue weighted by Crippen LogP contribution is -2.56. The van der Waals surface area contributed by atoms with Gasteiger partial charge in [0.2, 0.25) is 0 Å². The molecule has 0 bridgehead atoms. The van der Waals surface area contributed by atoms with Crippen LogP contribution in [0, 0.1) is 0 Å². The van der Waals surface area contributed by atoms with E-state index < -0.39 is 42.4 Å². The van der Waals surface area contributed by atoms with Gasteiger partial charge in [0.15, 0.2) is 5.79 Å². The summed E-state index contributed by atoms with van der Waals surface area (Å²) in [4.78, 5) is 4.61. The van der Waals surface area contributed by atoms with Gasteiger partial charge in [0.25, 0.3) is 0 Å². The van der Waals surface area contributed by atoms with Gasteiger partial charge in [0, 0.05) is 14.1 Å². The molecule has 0 saturated carbocycles. The number of imidazole rings is 1. The third-order valence-corrected chi connectivity index (χ3v) is 14.3. The van der Waals surface area contributed by atoms with Crippen LogP contribution in [0.2, 0.25) is 18.1 Å². The molecular formula is C25H41N3O6SSi. The minimum Gasteiger partial charge on any atom is -0.384 e. The van der Waals surface area contributed by atoms with Gasteiger partial charge in [-0.3, -0.25) is 0 Å². The fourth-order valence-corrected chi connectivity index (χ4v) is 7.66. The molecule has 1 aliphatic rings. The molecule has 11 heteroatoms. The summed E-state index contributed by atoms with van der Waals surface area (Å²) in [6.45, 7) is 14.5. The van der Waals surface area contributed by atoms with Crippen molar-refractivity contribution in [2.75, 3.05) is 20.7 Å². The maximum Gasteiger partial charge on any atom is 0.308 e. The van der Waals surface area contributed by atoms with Gasteiger partial charge < -0.3 is 19.3 Å².